The standard InChI is InChI=1S/C19H25N3O3/c1-11(2)15-8-6-7-13(5)17(15)22-18(23)14(9-20)10-21-16(12(3)4)19(24)25/h6-8,10-12,16,21H,1-5H3,(H,22,23)(H,24,25)/b14-10-. The van der Waals surface area contributed by atoms with E-state index in [1.54, 1.807) is 13.8 Å². The van der Waals surface area contributed by atoms with E-state index >= 15 is 0 Å². The van der Waals surface area contributed by atoms with Gasteiger partial charge in [-0.2, -0.15) is 5.26 Å². The van der Waals surface area contributed by atoms with Crippen molar-refractivity contribution in [3.63, 3.8) is 0 Å². The predicted molar refractivity (Wildman–Crippen MR) is 97.0 cm³/mol. The highest BCUT2D eigenvalue weighted by Gasteiger charge is 2.21. The molecule has 134 valence electrons. The molecule has 0 aliphatic heterocycles. The van der Waals surface area contributed by atoms with Crippen molar-refractivity contribution < 1.29 is 14.7 Å². The molecule has 0 saturated heterocycles. The van der Waals surface area contributed by atoms with Crippen LogP contribution in [0, 0.1) is 24.2 Å². The Morgan fingerprint density at radius 1 is 1.24 bits per heavy atom. The lowest BCUT2D eigenvalue weighted by atomic mass is 9.98. The van der Waals surface area contributed by atoms with Crippen molar-refractivity contribution in [1.29, 1.82) is 5.26 Å². The van der Waals surface area contributed by atoms with Crippen molar-refractivity contribution in [2.24, 2.45) is 5.92 Å². The van der Waals surface area contributed by atoms with E-state index < -0.39 is 17.9 Å². The van der Waals surface area contributed by atoms with Crippen molar-refractivity contribution in [2.75, 3.05) is 5.32 Å². The maximum atomic E-state index is 12.4. The number of aliphatic carboxylic acids is 1. The van der Waals surface area contributed by atoms with Crippen LogP contribution >= 0.6 is 0 Å². The molecule has 1 aromatic carbocycles. The average Bonchev–Trinajstić information content (AvgIpc) is 2.52. The SMILES string of the molecule is Cc1cccc(C(C)C)c1NC(=O)/C(C#N)=C\NC(C(=O)O)C(C)C. The van der Waals surface area contributed by atoms with Crippen molar-refractivity contribution >= 4 is 17.6 Å². The molecule has 1 aromatic rings. The molecule has 6 heteroatoms. The summed E-state index contributed by atoms with van der Waals surface area (Å²) in [5.74, 6) is -1.59. The van der Waals surface area contributed by atoms with Gasteiger partial charge in [-0.1, -0.05) is 45.9 Å². The van der Waals surface area contributed by atoms with E-state index in [9.17, 15) is 14.9 Å². The molecule has 0 aliphatic carbocycles. The van der Waals surface area contributed by atoms with Crippen LogP contribution in [-0.2, 0) is 9.59 Å². The van der Waals surface area contributed by atoms with Crippen LogP contribution in [0.15, 0.2) is 30.0 Å². The Kier molecular flexibility index (Phi) is 7.19. The Bertz CT molecular complexity index is 715. The fraction of sp³-hybridized carbons (Fsp3) is 0.421. The van der Waals surface area contributed by atoms with Gasteiger partial charge < -0.3 is 15.7 Å². The van der Waals surface area contributed by atoms with Crippen LogP contribution in [0.1, 0.15) is 44.7 Å². The molecule has 1 rings (SSSR count). The van der Waals surface area contributed by atoms with Crippen molar-refractivity contribution in [2.45, 2.75) is 46.6 Å². The summed E-state index contributed by atoms with van der Waals surface area (Å²) in [7, 11) is 0. The zero-order valence-electron chi connectivity index (χ0n) is 15.3. The van der Waals surface area contributed by atoms with Gasteiger partial charge in [0.25, 0.3) is 5.91 Å². The number of nitrogens with zero attached hydrogens (tertiary/aromatic N) is 1. The maximum absolute atomic E-state index is 12.4. The highest BCUT2D eigenvalue weighted by Crippen LogP contribution is 2.27. The second-order valence-electron chi connectivity index (χ2n) is 6.54. The number of hydrogen-bond donors (Lipinski definition) is 3. The number of nitrogens with one attached hydrogen (secondary N) is 2. The summed E-state index contributed by atoms with van der Waals surface area (Å²) in [5, 5.41) is 23.8. The lowest BCUT2D eigenvalue weighted by Gasteiger charge is -2.18. The van der Waals surface area contributed by atoms with Crippen molar-refractivity contribution in [3.05, 3.63) is 41.1 Å². The molecule has 0 radical (unpaired) electrons. The van der Waals surface area contributed by atoms with Gasteiger partial charge in [0.2, 0.25) is 0 Å². The Hall–Kier alpha value is -2.81. The fourth-order valence-electron chi connectivity index (χ4n) is 2.39. The number of carboxylic acid groups (broad SMARTS) is 1. The number of carbonyl (C=O) groups excluding carboxylic acids is 1. The zero-order chi connectivity index (χ0) is 19.1. The smallest absolute Gasteiger partial charge is 0.326 e. The first kappa shape index (κ1) is 20.2. The minimum Gasteiger partial charge on any atom is -0.480 e. The van der Waals surface area contributed by atoms with Crippen LogP contribution in [0.4, 0.5) is 5.69 Å². The number of nitriles is 1. The van der Waals surface area contributed by atoms with Crippen LogP contribution in [0.3, 0.4) is 0 Å². The summed E-state index contributed by atoms with van der Waals surface area (Å²) in [5.41, 5.74) is 2.38. The first-order chi connectivity index (χ1) is 11.7. The van der Waals surface area contributed by atoms with Crippen LogP contribution in [-0.4, -0.2) is 23.0 Å². The highest BCUT2D eigenvalue weighted by molar-refractivity contribution is 6.07. The molecule has 0 aliphatic rings. The predicted octanol–water partition coefficient (Wildman–Crippen LogP) is 3.16. The van der Waals surface area contributed by atoms with Gasteiger partial charge in [-0.3, -0.25) is 4.79 Å². The molecule has 6 nitrogen and oxygen atoms in total. The molecule has 1 atom stereocenters. The van der Waals surface area contributed by atoms with Gasteiger partial charge in [-0.15, -0.1) is 0 Å². The summed E-state index contributed by atoms with van der Waals surface area (Å²) in [6.45, 7) is 9.41. The van der Waals surface area contributed by atoms with E-state index in [4.69, 9.17) is 5.11 Å². The minimum absolute atomic E-state index is 0.176. The number of hydrogen-bond acceptors (Lipinski definition) is 4. The lowest BCUT2D eigenvalue weighted by Crippen LogP contribution is -2.38. The van der Waals surface area contributed by atoms with E-state index in [0.29, 0.717) is 5.69 Å². The van der Waals surface area contributed by atoms with Gasteiger partial charge in [0.1, 0.15) is 17.7 Å². The van der Waals surface area contributed by atoms with E-state index in [2.05, 4.69) is 10.6 Å². The number of amides is 1. The lowest BCUT2D eigenvalue weighted by molar-refractivity contribution is -0.140. The molecular formula is C19H25N3O3. The molecular weight excluding hydrogens is 318 g/mol. The number of aryl methyl sites for hydroxylation is 1. The number of anilines is 1. The van der Waals surface area contributed by atoms with E-state index in [1.165, 1.54) is 6.20 Å². The van der Waals surface area contributed by atoms with E-state index in [0.717, 1.165) is 11.1 Å². The molecule has 0 fully saturated rings. The molecule has 0 saturated carbocycles. The fourth-order valence-corrected chi connectivity index (χ4v) is 2.39. The van der Waals surface area contributed by atoms with Gasteiger partial charge in [0.05, 0.1) is 0 Å². The Balaban J connectivity index is 3.04. The van der Waals surface area contributed by atoms with Crippen LogP contribution in [0.25, 0.3) is 0 Å². The monoisotopic (exact) mass is 343 g/mol. The van der Waals surface area contributed by atoms with Crippen molar-refractivity contribution in [1.82, 2.24) is 5.32 Å². The second-order valence-corrected chi connectivity index (χ2v) is 6.54. The van der Waals surface area contributed by atoms with Gasteiger partial charge in [-0.25, -0.2) is 4.79 Å². The molecule has 0 spiro atoms. The number of rotatable bonds is 7. The van der Waals surface area contributed by atoms with Crippen LogP contribution in [0.2, 0.25) is 0 Å². The molecule has 25 heavy (non-hydrogen) atoms. The van der Waals surface area contributed by atoms with Gasteiger partial charge in [-0.05, 0) is 29.9 Å². The Labute approximate surface area is 148 Å². The molecule has 0 aromatic heterocycles. The average molecular weight is 343 g/mol. The van der Waals surface area contributed by atoms with Crippen molar-refractivity contribution in [3.8, 4) is 6.07 Å². The zero-order valence-corrected chi connectivity index (χ0v) is 15.3. The second kappa shape index (κ2) is 8.88. The number of carbonyl (C=O) groups is 2. The third-order valence-corrected chi connectivity index (χ3v) is 3.87. The first-order valence-corrected chi connectivity index (χ1v) is 8.19. The highest BCUT2D eigenvalue weighted by atomic mass is 16.4. The maximum Gasteiger partial charge on any atom is 0.326 e. The summed E-state index contributed by atoms with van der Waals surface area (Å²) in [6, 6.07) is 6.68. The summed E-state index contributed by atoms with van der Waals surface area (Å²) >= 11 is 0. The van der Waals surface area contributed by atoms with E-state index in [-0.39, 0.29) is 17.4 Å². The third-order valence-electron chi connectivity index (χ3n) is 3.87. The largest absolute Gasteiger partial charge is 0.480 e. The van der Waals surface area contributed by atoms with Gasteiger partial charge in [0, 0.05) is 11.9 Å². The molecule has 1 unspecified atom stereocenters. The quantitative estimate of drug-likeness (QED) is 0.521. The van der Waals surface area contributed by atoms with Gasteiger partial charge in [0.15, 0.2) is 0 Å². The molecule has 1 amide bonds. The molecule has 0 heterocycles. The molecule has 0 bridgehead atoms. The summed E-state index contributed by atoms with van der Waals surface area (Å²) in [4.78, 5) is 23.6. The number of para-hydroxylation sites is 1. The number of carboxylic acids is 1. The third kappa shape index (κ3) is 5.35. The summed E-state index contributed by atoms with van der Waals surface area (Å²) in [6.07, 6.45) is 1.17. The molecule has 3 N–H and O–H groups in total. The van der Waals surface area contributed by atoms with Crippen LogP contribution < -0.4 is 10.6 Å². The number of benzene rings is 1. The topological polar surface area (TPSA) is 102 Å². The Morgan fingerprint density at radius 2 is 1.88 bits per heavy atom. The van der Waals surface area contributed by atoms with Gasteiger partial charge >= 0.3 is 5.97 Å². The minimum atomic E-state index is -1.04. The normalized spacial score (nSPS) is 12.6. The summed E-state index contributed by atoms with van der Waals surface area (Å²) < 4.78 is 0. The van der Waals surface area contributed by atoms with Crippen LogP contribution in [0.5, 0.6) is 0 Å². The van der Waals surface area contributed by atoms with E-state index in [1.807, 2.05) is 45.0 Å². The Morgan fingerprint density at radius 3 is 2.36 bits per heavy atom. The first-order valence-electron chi connectivity index (χ1n) is 8.19.